The first kappa shape index (κ1) is 18.2. The van der Waals surface area contributed by atoms with Crippen LogP contribution in [0.1, 0.15) is 38.5 Å². The molecular formula is C19H26BrN3O2. The number of carbonyl (C=O) groups is 2. The van der Waals surface area contributed by atoms with Gasteiger partial charge in [-0.25, -0.2) is 4.79 Å². The molecule has 0 aliphatic carbocycles. The Morgan fingerprint density at radius 1 is 1.00 bits per heavy atom. The standard InChI is InChI=1S/C19H26BrN3O2/c20-16-6-2-3-7-17(16)21-19(25)23-12-8-15(9-13-23)14-18(24)22-10-4-1-5-11-22/h2-3,6-7,15H,1,4-5,8-14H2,(H,21,25). The molecule has 0 spiro atoms. The molecule has 1 aromatic carbocycles. The molecule has 2 aliphatic heterocycles. The van der Waals surface area contributed by atoms with Crippen LogP contribution >= 0.6 is 15.9 Å². The summed E-state index contributed by atoms with van der Waals surface area (Å²) in [5.74, 6) is 0.706. The fourth-order valence-corrected chi connectivity index (χ4v) is 4.00. The van der Waals surface area contributed by atoms with Crippen LogP contribution in [0.15, 0.2) is 28.7 Å². The van der Waals surface area contributed by atoms with Crippen LogP contribution in [-0.2, 0) is 4.79 Å². The summed E-state index contributed by atoms with van der Waals surface area (Å²) >= 11 is 3.45. The number of para-hydroxylation sites is 1. The maximum atomic E-state index is 12.4. The number of nitrogens with one attached hydrogen (secondary N) is 1. The van der Waals surface area contributed by atoms with Gasteiger partial charge in [0, 0.05) is 37.1 Å². The van der Waals surface area contributed by atoms with Gasteiger partial charge in [0.15, 0.2) is 0 Å². The van der Waals surface area contributed by atoms with Crippen molar-refractivity contribution in [3.8, 4) is 0 Å². The van der Waals surface area contributed by atoms with Crippen LogP contribution in [0.2, 0.25) is 0 Å². The van der Waals surface area contributed by atoms with Crippen LogP contribution in [0, 0.1) is 5.92 Å². The minimum Gasteiger partial charge on any atom is -0.343 e. The molecule has 3 rings (SSSR count). The van der Waals surface area contributed by atoms with E-state index in [4.69, 9.17) is 0 Å². The SMILES string of the molecule is O=C(CC1CCN(C(=O)Nc2ccccc2Br)CC1)N1CCCCC1. The lowest BCUT2D eigenvalue weighted by Crippen LogP contribution is -2.42. The van der Waals surface area contributed by atoms with Crippen molar-refractivity contribution in [2.24, 2.45) is 5.92 Å². The van der Waals surface area contributed by atoms with Crippen LogP contribution < -0.4 is 5.32 Å². The van der Waals surface area contributed by atoms with E-state index in [1.54, 1.807) is 0 Å². The summed E-state index contributed by atoms with van der Waals surface area (Å²) in [5.41, 5.74) is 0.787. The molecule has 136 valence electrons. The molecule has 0 bridgehead atoms. The number of piperidine rings is 2. The van der Waals surface area contributed by atoms with Gasteiger partial charge >= 0.3 is 6.03 Å². The number of rotatable bonds is 3. The highest BCUT2D eigenvalue weighted by Gasteiger charge is 2.26. The summed E-state index contributed by atoms with van der Waals surface area (Å²) in [7, 11) is 0. The van der Waals surface area contributed by atoms with Gasteiger partial charge in [-0.05, 0) is 66.1 Å². The average molecular weight is 408 g/mol. The predicted octanol–water partition coefficient (Wildman–Crippen LogP) is 4.10. The second kappa shape index (κ2) is 8.70. The van der Waals surface area contributed by atoms with Crippen molar-refractivity contribution in [1.29, 1.82) is 0 Å². The number of halogens is 1. The maximum Gasteiger partial charge on any atom is 0.321 e. The lowest BCUT2D eigenvalue weighted by Gasteiger charge is -2.33. The van der Waals surface area contributed by atoms with E-state index in [-0.39, 0.29) is 6.03 Å². The largest absolute Gasteiger partial charge is 0.343 e. The first-order valence-corrected chi connectivity index (χ1v) is 10.0. The number of urea groups is 1. The Labute approximate surface area is 157 Å². The van der Waals surface area contributed by atoms with Crippen molar-refractivity contribution in [2.45, 2.75) is 38.5 Å². The van der Waals surface area contributed by atoms with Gasteiger partial charge in [-0.1, -0.05) is 12.1 Å². The Bertz CT molecular complexity index is 608. The number of anilines is 1. The number of likely N-dealkylation sites (tertiary alicyclic amines) is 2. The van der Waals surface area contributed by atoms with Crippen molar-refractivity contribution < 1.29 is 9.59 Å². The van der Waals surface area contributed by atoms with Gasteiger partial charge in [-0.2, -0.15) is 0 Å². The third-order valence-electron chi connectivity index (χ3n) is 5.19. The normalized spacial score (nSPS) is 18.9. The summed E-state index contributed by atoms with van der Waals surface area (Å²) in [5, 5.41) is 2.95. The number of hydrogen-bond donors (Lipinski definition) is 1. The van der Waals surface area contributed by atoms with Crippen LogP contribution in [0.4, 0.5) is 10.5 Å². The Balaban J connectivity index is 1.44. The number of hydrogen-bond acceptors (Lipinski definition) is 2. The molecule has 3 amide bonds. The fraction of sp³-hybridized carbons (Fsp3) is 0.579. The topological polar surface area (TPSA) is 52.7 Å². The van der Waals surface area contributed by atoms with E-state index in [2.05, 4.69) is 21.2 Å². The van der Waals surface area contributed by atoms with E-state index in [1.807, 2.05) is 34.1 Å². The van der Waals surface area contributed by atoms with Crippen LogP contribution in [-0.4, -0.2) is 47.9 Å². The van der Waals surface area contributed by atoms with Crippen molar-refractivity contribution in [1.82, 2.24) is 9.80 Å². The molecule has 25 heavy (non-hydrogen) atoms. The molecule has 2 heterocycles. The molecule has 1 N–H and O–H groups in total. The molecule has 0 saturated carbocycles. The summed E-state index contributed by atoms with van der Waals surface area (Å²) in [6.07, 6.45) is 5.97. The Morgan fingerprint density at radius 3 is 2.36 bits per heavy atom. The molecule has 0 radical (unpaired) electrons. The van der Waals surface area contributed by atoms with Gasteiger partial charge in [-0.3, -0.25) is 4.79 Å². The van der Waals surface area contributed by atoms with E-state index < -0.39 is 0 Å². The van der Waals surface area contributed by atoms with Crippen molar-refractivity contribution in [3.05, 3.63) is 28.7 Å². The minimum absolute atomic E-state index is 0.0623. The molecular weight excluding hydrogens is 382 g/mol. The predicted molar refractivity (Wildman–Crippen MR) is 103 cm³/mol. The van der Waals surface area contributed by atoms with E-state index in [1.165, 1.54) is 6.42 Å². The Kier molecular flexibility index (Phi) is 6.34. The van der Waals surface area contributed by atoms with E-state index in [0.717, 1.165) is 48.9 Å². The zero-order valence-corrected chi connectivity index (χ0v) is 16.1. The molecule has 2 saturated heterocycles. The van der Waals surface area contributed by atoms with Gasteiger partial charge in [0.1, 0.15) is 0 Å². The van der Waals surface area contributed by atoms with Crippen LogP contribution in [0.25, 0.3) is 0 Å². The summed E-state index contributed by atoms with van der Waals surface area (Å²) in [4.78, 5) is 28.7. The highest BCUT2D eigenvalue weighted by atomic mass is 79.9. The highest BCUT2D eigenvalue weighted by molar-refractivity contribution is 9.10. The van der Waals surface area contributed by atoms with Gasteiger partial charge in [0.05, 0.1) is 5.69 Å². The second-order valence-corrected chi connectivity index (χ2v) is 7.84. The van der Waals surface area contributed by atoms with Crippen molar-refractivity contribution >= 4 is 33.6 Å². The second-order valence-electron chi connectivity index (χ2n) is 6.99. The Hall–Kier alpha value is -1.56. The van der Waals surface area contributed by atoms with E-state index >= 15 is 0 Å². The third kappa shape index (κ3) is 4.97. The van der Waals surface area contributed by atoms with Crippen LogP contribution in [0.5, 0.6) is 0 Å². The van der Waals surface area contributed by atoms with E-state index in [0.29, 0.717) is 31.3 Å². The van der Waals surface area contributed by atoms with Crippen molar-refractivity contribution in [2.75, 3.05) is 31.5 Å². The quantitative estimate of drug-likeness (QED) is 0.819. The third-order valence-corrected chi connectivity index (χ3v) is 5.88. The van der Waals surface area contributed by atoms with Gasteiger partial charge in [-0.15, -0.1) is 0 Å². The first-order valence-electron chi connectivity index (χ1n) is 9.22. The highest BCUT2D eigenvalue weighted by Crippen LogP contribution is 2.25. The molecule has 0 atom stereocenters. The first-order chi connectivity index (χ1) is 12.1. The zero-order chi connectivity index (χ0) is 17.6. The molecule has 0 aromatic heterocycles. The molecule has 5 nitrogen and oxygen atoms in total. The number of amides is 3. The number of nitrogens with zero attached hydrogens (tertiary/aromatic N) is 2. The molecule has 6 heteroatoms. The summed E-state index contributed by atoms with van der Waals surface area (Å²) in [6, 6.07) is 7.55. The Morgan fingerprint density at radius 2 is 1.68 bits per heavy atom. The maximum absolute atomic E-state index is 12.4. The zero-order valence-electron chi connectivity index (χ0n) is 14.5. The van der Waals surface area contributed by atoms with E-state index in [9.17, 15) is 9.59 Å². The lowest BCUT2D eigenvalue weighted by molar-refractivity contribution is -0.133. The number of carbonyl (C=O) groups excluding carboxylic acids is 2. The van der Waals surface area contributed by atoms with Gasteiger partial charge in [0.2, 0.25) is 5.91 Å². The molecule has 1 aromatic rings. The summed E-state index contributed by atoms with van der Waals surface area (Å²) in [6.45, 7) is 3.28. The minimum atomic E-state index is -0.0623. The average Bonchev–Trinajstić information content (AvgIpc) is 2.65. The fourth-order valence-electron chi connectivity index (χ4n) is 3.62. The number of benzene rings is 1. The van der Waals surface area contributed by atoms with Crippen LogP contribution in [0.3, 0.4) is 0 Å². The smallest absolute Gasteiger partial charge is 0.321 e. The van der Waals surface area contributed by atoms with Crippen molar-refractivity contribution in [3.63, 3.8) is 0 Å². The molecule has 2 fully saturated rings. The molecule has 2 aliphatic rings. The van der Waals surface area contributed by atoms with Gasteiger partial charge < -0.3 is 15.1 Å². The summed E-state index contributed by atoms with van der Waals surface area (Å²) < 4.78 is 0.880. The van der Waals surface area contributed by atoms with Gasteiger partial charge in [0.25, 0.3) is 0 Å². The monoisotopic (exact) mass is 407 g/mol. The lowest BCUT2D eigenvalue weighted by atomic mass is 9.93. The molecule has 0 unspecified atom stereocenters.